The van der Waals surface area contributed by atoms with E-state index < -0.39 is 0 Å². The predicted molar refractivity (Wildman–Crippen MR) is 83.7 cm³/mol. The van der Waals surface area contributed by atoms with Crippen molar-refractivity contribution in [2.45, 2.75) is 39.7 Å². The van der Waals surface area contributed by atoms with E-state index in [1.807, 2.05) is 30.3 Å². The van der Waals surface area contributed by atoms with Gasteiger partial charge in [-0.25, -0.2) is 0 Å². The summed E-state index contributed by atoms with van der Waals surface area (Å²) in [5.74, 6) is 1.37. The summed E-state index contributed by atoms with van der Waals surface area (Å²) in [6.07, 6.45) is 5.38. The molecule has 0 spiro atoms. The molecule has 0 radical (unpaired) electrons. The van der Waals surface area contributed by atoms with Gasteiger partial charge in [0.05, 0.1) is 7.11 Å². The standard InChI is InChI=1S/C17H25NO2/c1-5-15(12-13(2)3)18-17(19)11-8-14-6-9-16(20-4)10-7-14/h6-11,13,15H,5,12H2,1-4H3,(H,18,19). The van der Waals surface area contributed by atoms with Crippen molar-refractivity contribution in [1.29, 1.82) is 0 Å². The lowest BCUT2D eigenvalue weighted by Gasteiger charge is -2.17. The van der Waals surface area contributed by atoms with E-state index >= 15 is 0 Å². The Morgan fingerprint density at radius 3 is 2.45 bits per heavy atom. The van der Waals surface area contributed by atoms with Crippen LogP contribution in [0.2, 0.25) is 0 Å². The lowest BCUT2D eigenvalue weighted by molar-refractivity contribution is -0.117. The molecule has 1 aromatic carbocycles. The Morgan fingerprint density at radius 2 is 1.95 bits per heavy atom. The van der Waals surface area contributed by atoms with E-state index in [9.17, 15) is 4.79 Å². The van der Waals surface area contributed by atoms with Crippen LogP contribution in [0.25, 0.3) is 6.08 Å². The molecule has 3 heteroatoms. The van der Waals surface area contributed by atoms with Crippen LogP contribution in [0.1, 0.15) is 39.2 Å². The molecule has 0 aliphatic carbocycles. The molecule has 0 saturated carbocycles. The number of rotatable bonds is 7. The van der Waals surface area contributed by atoms with Crippen LogP contribution >= 0.6 is 0 Å². The van der Waals surface area contributed by atoms with Gasteiger partial charge >= 0.3 is 0 Å². The minimum absolute atomic E-state index is 0.0340. The molecular formula is C17H25NO2. The zero-order chi connectivity index (χ0) is 15.0. The fourth-order valence-corrected chi connectivity index (χ4v) is 2.03. The second kappa shape index (κ2) is 8.41. The van der Waals surface area contributed by atoms with Gasteiger partial charge in [-0.05, 0) is 42.5 Å². The molecule has 1 atom stereocenters. The van der Waals surface area contributed by atoms with Gasteiger partial charge in [0.1, 0.15) is 5.75 Å². The second-order valence-corrected chi connectivity index (χ2v) is 5.35. The van der Waals surface area contributed by atoms with Gasteiger partial charge in [0, 0.05) is 12.1 Å². The van der Waals surface area contributed by atoms with Crippen molar-refractivity contribution in [3.63, 3.8) is 0 Å². The van der Waals surface area contributed by atoms with Crippen LogP contribution < -0.4 is 10.1 Å². The van der Waals surface area contributed by atoms with Crippen molar-refractivity contribution in [2.24, 2.45) is 5.92 Å². The molecule has 110 valence electrons. The van der Waals surface area contributed by atoms with Crippen molar-refractivity contribution >= 4 is 12.0 Å². The van der Waals surface area contributed by atoms with Crippen LogP contribution in [0.5, 0.6) is 5.75 Å². The van der Waals surface area contributed by atoms with Crippen molar-refractivity contribution in [3.8, 4) is 5.75 Å². The summed E-state index contributed by atoms with van der Waals surface area (Å²) >= 11 is 0. The van der Waals surface area contributed by atoms with Crippen molar-refractivity contribution in [1.82, 2.24) is 5.32 Å². The number of methoxy groups -OCH3 is 1. The first-order valence-electron chi connectivity index (χ1n) is 7.17. The predicted octanol–water partition coefficient (Wildman–Crippen LogP) is 3.65. The Bertz CT molecular complexity index is 435. The molecule has 1 amide bonds. The molecule has 0 aliphatic heterocycles. The first kappa shape index (κ1) is 16.3. The summed E-state index contributed by atoms with van der Waals surface area (Å²) in [5, 5.41) is 3.04. The van der Waals surface area contributed by atoms with Crippen LogP contribution in [0, 0.1) is 5.92 Å². The van der Waals surface area contributed by atoms with Crippen LogP contribution in [-0.2, 0) is 4.79 Å². The van der Waals surface area contributed by atoms with Gasteiger partial charge in [0.25, 0.3) is 0 Å². The molecule has 0 heterocycles. The largest absolute Gasteiger partial charge is 0.497 e. The molecule has 0 saturated heterocycles. The average Bonchev–Trinajstić information content (AvgIpc) is 2.44. The highest BCUT2D eigenvalue weighted by molar-refractivity contribution is 5.91. The molecular weight excluding hydrogens is 250 g/mol. The van der Waals surface area contributed by atoms with E-state index in [1.54, 1.807) is 13.2 Å². The topological polar surface area (TPSA) is 38.3 Å². The zero-order valence-corrected chi connectivity index (χ0v) is 12.8. The minimum Gasteiger partial charge on any atom is -0.497 e. The Kier molecular flexibility index (Phi) is 6.85. The molecule has 1 N–H and O–H groups in total. The first-order valence-corrected chi connectivity index (χ1v) is 7.17. The van der Waals surface area contributed by atoms with E-state index in [0.717, 1.165) is 24.2 Å². The van der Waals surface area contributed by atoms with Crippen molar-refractivity contribution in [3.05, 3.63) is 35.9 Å². The highest BCUT2D eigenvalue weighted by Gasteiger charge is 2.09. The summed E-state index contributed by atoms with van der Waals surface area (Å²) in [5.41, 5.74) is 0.984. The van der Waals surface area contributed by atoms with Crippen LogP contribution in [-0.4, -0.2) is 19.1 Å². The number of carbonyl (C=O) groups excluding carboxylic acids is 1. The van der Waals surface area contributed by atoms with Gasteiger partial charge in [-0.1, -0.05) is 32.9 Å². The van der Waals surface area contributed by atoms with Gasteiger partial charge in [-0.2, -0.15) is 0 Å². The minimum atomic E-state index is -0.0340. The number of amides is 1. The Balaban J connectivity index is 2.53. The molecule has 1 rings (SSSR count). The maximum absolute atomic E-state index is 11.9. The lowest BCUT2D eigenvalue weighted by atomic mass is 10.0. The normalized spacial score (nSPS) is 12.7. The second-order valence-electron chi connectivity index (χ2n) is 5.35. The molecule has 0 aromatic heterocycles. The third-order valence-electron chi connectivity index (χ3n) is 3.14. The monoisotopic (exact) mass is 275 g/mol. The maximum Gasteiger partial charge on any atom is 0.244 e. The highest BCUT2D eigenvalue weighted by atomic mass is 16.5. The summed E-state index contributed by atoms with van der Waals surface area (Å²) in [4.78, 5) is 11.9. The third-order valence-corrected chi connectivity index (χ3v) is 3.14. The highest BCUT2D eigenvalue weighted by Crippen LogP contribution is 2.12. The van der Waals surface area contributed by atoms with Gasteiger partial charge in [-0.15, -0.1) is 0 Å². The number of nitrogens with one attached hydrogen (secondary N) is 1. The number of hydrogen-bond donors (Lipinski definition) is 1. The van der Waals surface area contributed by atoms with E-state index in [4.69, 9.17) is 4.74 Å². The molecule has 0 fully saturated rings. The van der Waals surface area contributed by atoms with Gasteiger partial charge in [0.15, 0.2) is 0 Å². The summed E-state index contributed by atoms with van der Waals surface area (Å²) < 4.78 is 5.10. The van der Waals surface area contributed by atoms with Gasteiger partial charge < -0.3 is 10.1 Å². The van der Waals surface area contributed by atoms with E-state index in [0.29, 0.717) is 5.92 Å². The summed E-state index contributed by atoms with van der Waals surface area (Å²) in [6.45, 7) is 6.44. The molecule has 1 aromatic rings. The van der Waals surface area contributed by atoms with E-state index in [1.165, 1.54) is 0 Å². The Labute approximate surface area is 122 Å². The fraction of sp³-hybridized carbons (Fsp3) is 0.471. The van der Waals surface area contributed by atoms with Gasteiger partial charge in [0.2, 0.25) is 5.91 Å². The zero-order valence-electron chi connectivity index (χ0n) is 12.8. The van der Waals surface area contributed by atoms with Crippen LogP contribution in [0.3, 0.4) is 0 Å². The van der Waals surface area contributed by atoms with Crippen molar-refractivity contribution in [2.75, 3.05) is 7.11 Å². The number of carbonyl (C=O) groups is 1. The third kappa shape index (κ3) is 5.91. The lowest BCUT2D eigenvalue weighted by Crippen LogP contribution is -2.34. The van der Waals surface area contributed by atoms with E-state index in [-0.39, 0.29) is 11.9 Å². The molecule has 3 nitrogen and oxygen atoms in total. The maximum atomic E-state index is 11.9. The number of benzene rings is 1. The van der Waals surface area contributed by atoms with Crippen molar-refractivity contribution < 1.29 is 9.53 Å². The SMILES string of the molecule is CCC(CC(C)C)NC(=O)C=Cc1ccc(OC)cc1. The fourth-order valence-electron chi connectivity index (χ4n) is 2.03. The number of ether oxygens (including phenoxy) is 1. The van der Waals surface area contributed by atoms with Crippen LogP contribution in [0.15, 0.2) is 30.3 Å². The molecule has 20 heavy (non-hydrogen) atoms. The summed E-state index contributed by atoms with van der Waals surface area (Å²) in [6, 6.07) is 7.86. The quantitative estimate of drug-likeness (QED) is 0.771. The number of hydrogen-bond acceptors (Lipinski definition) is 2. The van der Waals surface area contributed by atoms with Gasteiger partial charge in [-0.3, -0.25) is 4.79 Å². The smallest absolute Gasteiger partial charge is 0.244 e. The van der Waals surface area contributed by atoms with Crippen LogP contribution in [0.4, 0.5) is 0 Å². The Hall–Kier alpha value is -1.77. The summed E-state index contributed by atoms with van der Waals surface area (Å²) in [7, 11) is 1.64. The molecule has 1 unspecified atom stereocenters. The molecule has 0 bridgehead atoms. The van der Waals surface area contributed by atoms with E-state index in [2.05, 4.69) is 26.1 Å². The Morgan fingerprint density at radius 1 is 1.30 bits per heavy atom. The molecule has 0 aliphatic rings. The average molecular weight is 275 g/mol. The first-order chi connectivity index (χ1) is 9.55.